The quantitative estimate of drug-likeness (QED) is 0.691. The fourth-order valence-electron chi connectivity index (χ4n) is 3.47. The lowest BCUT2D eigenvalue weighted by atomic mass is 9.84. The lowest BCUT2D eigenvalue weighted by Gasteiger charge is -2.27. The summed E-state index contributed by atoms with van der Waals surface area (Å²) in [6.07, 6.45) is 3.33. The van der Waals surface area contributed by atoms with E-state index < -0.39 is 0 Å². The Bertz CT molecular complexity index is 373. The predicted octanol–water partition coefficient (Wildman–Crippen LogP) is 0.391. The molecule has 5 nitrogen and oxygen atoms in total. The van der Waals surface area contributed by atoms with Gasteiger partial charge in [-0.15, -0.1) is 0 Å². The number of carbonyl (C=O) groups excluding carboxylic acids is 2. The number of rotatable bonds is 3. The van der Waals surface area contributed by atoms with Gasteiger partial charge < -0.3 is 16.4 Å². The van der Waals surface area contributed by atoms with Crippen LogP contribution in [0.25, 0.3) is 0 Å². The van der Waals surface area contributed by atoms with E-state index in [4.69, 9.17) is 5.73 Å². The van der Waals surface area contributed by atoms with Gasteiger partial charge in [0.1, 0.15) is 0 Å². The van der Waals surface area contributed by atoms with E-state index in [0.29, 0.717) is 11.8 Å². The van der Waals surface area contributed by atoms with E-state index in [2.05, 4.69) is 10.6 Å². The van der Waals surface area contributed by atoms with Crippen LogP contribution in [0.4, 0.5) is 0 Å². The first-order valence-electron chi connectivity index (χ1n) is 7.12. The summed E-state index contributed by atoms with van der Waals surface area (Å²) in [6, 6.07) is -0.0237. The molecule has 2 aliphatic rings. The topological polar surface area (TPSA) is 84.2 Å². The number of fused-ring (bicyclic) bond motifs is 2. The van der Waals surface area contributed by atoms with Gasteiger partial charge in [0.05, 0.1) is 12.5 Å². The molecular formula is C14H25N3O2. The number of carbonyl (C=O) groups is 2. The largest absolute Gasteiger partial charge is 0.350 e. The van der Waals surface area contributed by atoms with Crippen LogP contribution in [0, 0.1) is 17.8 Å². The van der Waals surface area contributed by atoms with Gasteiger partial charge in [-0.05, 0) is 51.9 Å². The van der Waals surface area contributed by atoms with Crippen LogP contribution in [0.2, 0.25) is 0 Å². The first-order chi connectivity index (χ1) is 8.78. The van der Waals surface area contributed by atoms with Gasteiger partial charge >= 0.3 is 0 Å². The van der Waals surface area contributed by atoms with Crippen molar-refractivity contribution < 1.29 is 9.59 Å². The Hall–Kier alpha value is -1.10. The average molecular weight is 267 g/mol. The molecule has 4 atom stereocenters. The van der Waals surface area contributed by atoms with Gasteiger partial charge in [-0.1, -0.05) is 0 Å². The van der Waals surface area contributed by atoms with Crippen molar-refractivity contribution >= 4 is 11.8 Å². The van der Waals surface area contributed by atoms with Gasteiger partial charge in [0.15, 0.2) is 0 Å². The summed E-state index contributed by atoms with van der Waals surface area (Å²) in [7, 11) is 0. The summed E-state index contributed by atoms with van der Waals surface area (Å²) in [6.45, 7) is 5.78. The van der Waals surface area contributed by atoms with E-state index in [-0.39, 0.29) is 35.9 Å². The Balaban J connectivity index is 1.81. The molecule has 2 fully saturated rings. The molecule has 108 valence electrons. The van der Waals surface area contributed by atoms with Crippen molar-refractivity contribution in [3.8, 4) is 0 Å². The first kappa shape index (κ1) is 14.3. The highest BCUT2D eigenvalue weighted by Gasteiger charge is 2.48. The van der Waals surface area contributed by atoms with E-state index >= 15 is 0 Å². The van der Waals surface area contributed by atoms with Crippen LogP contribution in [0.3, 0.4) is 0 Å². The van der Waals surface area contributed by atoms with Crippen molar-refractivity contribution in [2.24, 2.45) is 23.5 Å². The van der Waals surface area contributed by atoms with Crippen LogP contribution in [0.1, 0.15) is 40.0 Å². The highest BCUT2D eigenvalue weighted by molar-refractivity contribution is 5.86. The first-order valence-corrected chi connectivity index (χ1v) is 7.12. The second kappa shape index (κ2) is 5.12. The molecule has 0 aromatic rings. The summed E-state index contributed by atoms with van der Waals surface area (Å²) < 4.78 is 0. The molecule has 4 unspecified atom stereocenters. The zero-order valence-electron chi connectivity index (χ0n) is 12.0. The number of hydrogen-bond acceptors (Lipinski definition) is 3. The molecule has 4 N–H and O–H groups in total. The van der Waals surface area contributed by atoms with Gasteiger partial charge in [0.25, 0.3) is 0 Å². The fourth-order valence-corrected chi connectivity index (χ4v) is 3.47. The lowest BCUT2D eigenvalue weighted by Crippen LogP contribution is -2.49. The molecule has 0 aliphatic heterocycles. The van der Waals surface area contributed by atoms with Crippen LogP contribution >= 0.6 is 0 Å². The molecular weight excluding hydrogens is 242 g/mol. The molecule has 0 aromatic carbocycles. The van der Waals surface area contributed by atoms with Crippen molar-refractivity contribution in [1.82, 2.24) is 10.6 Å². The molecule has 5 heteroatoms. The van der Waals surface area contributed by atoms with Crippen LogP contribution < -0.4 is 16.4 Å². The minimum absolute atomic E-state index is 0.0237. The summed E-state index contributed by atoms with van der Waals surface area (Å²) >= 11 is 0. The maximum absolute atomic E-state index is 12.1. The standard InChI is InChI=1S/C14H25N3O2/c1-14(2,3)17-10(18)7-16-13(19)11-8-4-5-9(6-8)12(11)15/h8-9,11-12H,4-7,15H2,1-3H3,(H,16,19)(H,17,18). The second-order valence-electron chi connectivity index (χ2n) is 6.95. The Labute approximate surface area is 114 Å². The molecule has 0 heterocycles. The third kappa shape index (κ3) is 3.26. The molecule has 0 aromatic heterocycles. The molecule has 2 aliphatic carbocycles. The van der Waals surface area contributed by atoms with Crippen LogP contribution in [-0.2, 0) is 9.59 Å². The van der Waals surface area contributed by atoms with Crippen molar-refractivity contribution in [3.63, 3.8) is 0 Å². The fraction of sp³-hybridized carbons (Fsp3) is 0.857. The molecule has 0 spiro atoms. The highest BCUT2D eigenvalue weighted by Crippen LogP contribution is 2.47. The van der Waals surface area contributed by atoms with Gasteiger partial charge in [0.2, 0.25) is 11.8 Å². The Kier molecular flexibility index (Phi) is 3.85. The minimum Gasteiger partial charge on any atom is -0.350 e. The number of nitrogens with one attached hydrogen (secondary N) is 2. The summed E-state index contributed by atoms with van der Waals surface area (Å²) in [5.74, 6) is 0.623. The molecule has 2 bridgehead atoms. The maximum Gasteiger partial charge on any atom is 0.239 e. The summed E-state index contributed by atoms with van der Waals surface area (Å²) in [4.78, 5) is 23.8. The molecule has 2 saturated carbocycles. The van der Waals surface area contributed by atoms with Crippen molar-refractivity contribution in [3.05, 3.63) is 0 Å². The van der Waals surface area contributed by atoms with Gasteiger partial charge in [-0.25, -0.2) is 0 Å². The maximum atomic E-state index is 12.1. The Morgan fingerprint density at radius 2 is 1.84 bits per heavy atom. The number of amides is 2. The number of hydrogen-bond donors (Lipinski definition) is 3. The van der Waals surface area contributed by atoms with E-state index in [1.165, 1.54) is 0 Å². The third-order valence-corrected chi connectivity index (χ3v) is 4.22. The van der Waals surface area contributed by atoms with E-state index in [0.717, 1.165) is 19.3 Å². The van der Waals surface area contributed by atoms with E-state index in [1.807, 2.05) is 20.8 Å². The molecule has 2 rings (SSSR count). The molecule has 0 radical (unpaired) electrons. The SMILES string of the molecule is CC(C)(C)NC(=O)CNC(=O)C1C2CCC(C2)C1N. The zero-order chi connectivity index (χ0) is 14.2. The van der Waals surface area contributed by atoms with Crippen molar-refractivity contribution in [1.29, 1.82) is 0 Å². The van der Waals surface area contributed by atoms with Crippen LogP contribution in [-0.4, -0.2) is 29.9 Å². The normalized spacial score (nSPS) is 33.3. The average Bonchev–Trinajstić information content (AvgIpc) is 2.83. The lowest BCUT2D eigenvalue weighted by molar-refractivity contribution is -0.130. The zero-order valence-corrected chi connectivity index (χ0v) is 12.0. The second-order valence-corrected chi connectivity index (χ2v) is 6.95. The van der Waals surface area contributed by atoms with Gasteiger partial charge in [0, 0.05) is 11.6 Å². The Morgan fingerprint density at radius 1 is 1.21 bits per heavy atom. The van der Waals surface area contributed by atoms with Crippen molar-refractivity contribution in [2.45, 2.75) is 51.6 Å². The van der Waals surface area contributed by atoms with Gasteiger partial charge in [-0.2, -0.15) is 0 Å². The summed E-state index contributed by atoms with van der Waals surface area (Å²) in [5.41, 5.74) is 5.84. The van der Waals surface area contributed by atoms with E-state index in [9.17, 15) is 9.59 Å². The summed E-state index contributed by atoms with van der Waals surface area (Å²) in [5, 5.41) is 5.56. The predicted molar refractivity (Wildman–Crippen MR) is 73.2 cm³/mol. The monoisotopic (exact) mass is 267 g/mol. The minimum atomic E-state index is -0.273. The van der Waals surface area contributed by atoms with Crippen LogP contribution in [0.15, 0.2) is 0 Å². The molecule has 19 heavy (non-hydrogen) atoms. The van der Waals surface area contributed by atoms with E-state index in [1.54, 1.807) is 0 Å². The Morgan fingerprint density at radius 3 is 2.37 bits per heavy atom. The third-order valence-electron chi connectivity index (χ3n) is 4.22. The highest BCUT2D eigenvalue weighted by atomic mass is 16.2. The van der Waals surface area contributed by atoms with Crippen molar-refractivity contribution in [2.75, 3.05) is 6.54 Å². The van der Waals surface area contributed by atoms with Gasteiger partial charge in [-0.3, -0.25) is 9.59 Å². The smallest absolute Gasteiger partial charge is 0.239 e. The molecule has 2 amide bonds. The van der Waals surface area contributed by atoms with Crippen LogP contribution in [0.5, 0.6) is 0 Å². The number of nitrogens with two attached hydrogens (primary N) is 1. The molecule has 0 saturated heterocycles.